The first-order valence-electron chi connectivity index (χ1n) is 12.8. The van der Waals surface area contributed by atoms with Crippen LogP contribution in [0.25, 0.3) is 6.08 Å². The molecule has 0 saturated heterocycles. The molecule has 2 aliphatic carbocycles. The average molecular weight is 483 g/mol. The van der Waals surface area contributed by atoms with Gasteiger partial charge in [-0.3, -0.25) is 4.79 Å². The first-order valence-corrected chi connectivity index (χ1v) is 12.8. The molecule has 3 aromatic rings. The number of allylic oxidation sites excluding steroid dienone is 1. The number of hydrogen-bond acceptors (Lipinski definition) is 3. The lowest BCUT2D eigenvalue weighted by Gasteiger charge is -2.22. The van der Waals surface area contributed by atoms with E-state index in [0.717, 1.165) is 36.8 Å². The Morgan fingerprint density at radius 2 is 1.67 bits per heavy atom. The van der Waals surface area contributed by atoms with Crippen LogP contribution in [0.4, 0.5) is 0 Å². The Hall–Kier alpha value is -3.66. The molecule has 1 N–H and O–H groups in total. The molecule has 0 spiro atoms. The minimum Gasteiger partial charge on any atom is -0.478 e. The highest BCUT2D eigenvalue weighted by molar-refractivity contribution is 5.87. The van der Waals surface area contributed by atoms with Crippen molar-refractivity contribution in [2.45, 2.75) is 52.1 Å². The number of carboxylic acids is 1. The number of benzene rings is 3. The molecule has 186 valence electrons. The molecule has 0 aromatic heterocycles. The normalized spacial score (nSPS) is 17.9. The minimum atomic E-state index is -0.924. The van der Waals surface area contributed by atoms with Crippen molar-refractivity contribution in [3.63, 3.8) is 0 Å². The lowest BCUT2D eigenvalue weighted by atomic mass is 9.94. The fourth-order valence-electron chi connectivity index (χ4n) is 4.88. The van der Waals surface area contributed by atoms with Crippen LogP contribution >= 0.6 is 0 Å². The lowest BCUT2D eigenvalue weighted by Crippen LogP contribution is -2.19. The second-order valence-corrected chi connectivity index (χ2v) is 9.80. The van der Waals surface area contributed by atoms with Crippen LogP contribution in [-0.4, -0.2) is 17.0 Å². The molecule has 3 aromatic carbocycles. The third-order valence-corrected chi connectivity index (χ3v) is 7.13. The molecule has 0 bridgehead atoms. The van der Waals surface area contributed by atoms with E-state index in [2.05, 4.69) is 56.3 Å². The molecule has 0 radical (unpaired) electrons. The van der Waals surface area contributed by atoms with E-state index in [9.17, 15) is 9.59 Å². The van der Waals surface area contributed by atoms with Crippen molar-refractivity contribution in [2.75, 3.05) is 0 Å². The van der Waals surface area contributed by atoms with Crippen LogP contribution in [0.15, 0.2) is 78.9 Å². The third kappa shape index (κ3) is 6.31. The molecule has 3 atom stereocenters. The van der Waals surface area contributed by atoms with Crippen molar-refractivity contribution in [2.24, 2.45) is 11.8 Å². The topological polar surface area (TPSA) is 63.6 Å². The summed E-state index contributed by atoms with van der Waals surface area (Å²) in [5, 5.41) is 9.05. The molecule has 0 saturated carbocycles. The number of fused-ring (bicyclic) bond motifs is 2. The molecule has 0 amide bonds. The Morgan fingerprint density at radius 3 is 2.36 bits per heavy atom. The van der Waals surface area contributed by atoms with Crippen molar-refractivity contribution in [1.82, 2.24) is 0 Å². The molecule has 2 aliphatic rings. The summed E-state index contributed by atoms with van der Waals surface area (Å²) >= 11 is 0. The maximum atomic E-state index is 12.4. The SMILES string of the molecule is C1=Cc2ccccc2C1.CCC(C)CC(=O)OC1c2ccccc2CC1Cc1ccc(C(=O)O)cc1. The summed E-state index contributed by atoms with van der Waals surface area (Å²) < 4.78 is 5.92. The highest BCUT2D eigenvalue weighted by Gasteiger charge is 2.35. The van der Waals surface area contributed by atoms with Crippen LogP contribution in [-0.2, 0) is 28.8 Å². The number of rotatable bonds is 7. The zero-order valence-corrected chi connectivity index (χ0v) is 21.0. The van der Waals surface area contributed by atoms with Gasteiger partial charge >= 0.3 is 11.9 Å². The van der Waals surface area contributed by atoms with Gasteiger partial charge in [0.05, 0.1) is 5.56 Å². The van der Waals surface area contributed by atoms with E-state index in [1.54, 1.807) is 12.1 Å². The largest absolute Gasteiger partial charge is 0.478 e. The molecule has 3 unspecified atom stereocenters. The number of carbonyl (C=O) groups is 2. The van der Waals surface area contributed by atoms with Crippen molar-refractivity contribution < 1.29 is 19.4 Å². The van der Waals surface area contributed by atoms with Gasteiger partial charge in [0.1, 0.15) is 6.10 Å². The van der Waals surface area contributed by atoms with E-state index in [-0.39, 0.29) is 23.6 Å². The molecule has 4 nitrogen and oxygen atoms in total. The smallest absolute Gasteiger partial charge is 0.335 e. The summed E-state index contributed by atoms with van der Waals surface area (Å²) in [4.78, 5) is 23.4. The number of esters is 1. The van der Waals surface area contributed by atoms with Crippen LogP contribution < -0.4 is 0 Å². The maximum Gasteiger partial charge on any atom is 0.335 e. The number of ether oxygens (including phenoxy) is 1. The number of hydrogen-bond donors (Lipinski definition) is 1. The lowest BCUT2D eigenvalue weighted by molar-refractivity contribution is -0.152. The molecule has 0 fully saturated rings. The van der Waals surface area contributed by atoms with Gasteiger partial charge in [-0.05, 0) is 65.1 Å². The zero-order valence-electron chi connectivity index (χ0n) is 21.0. The monoisotopic (exact) mass is 482 g/mol. The van der Waals surface area contributed by atoms with Crippen LogP contribution in [0.1, 0.15) is 71.0 Å². The summed E-state index contributed by atoms with van der Waals surface area (Å²) in [6.07, 6.45) is 8.26. The maximum absolute atomic E-state index is 12.4. The van der Waals surface area contributed by atoms with Crippen LogP contribution in [0.2, 0.25) is 0 Å². The van der Waals surface area contributed by atoms with Gasteiger partial charge in [0, 0.05) is 12.3 Å². The second-order valence-electron chi connectivity index (χ2n) is 9.80. The van der Waals surface area contributed by atoms with Crippen molar-refractivity contribution >= 4 is 18.0 Å². The molecule has 0 aliphatic heterocycles. The first-order chi connectivity index (χ1) is 17.4. The molecule has 36 heavy (non-hydrogen) atoms. The Balaban J connectivity index is 0.000000280. The predicted octanol–water partition coefficient (Wildman–Crippen LogP) is 7.08. The number of carbonyl (C=O) groups excluding carboxylic acids is 1. The van der Waals surface area contributed by atoms with Gasteiger partial charge in [-0.1, -0.05) is 93.1 Å². The van der Waals surface area contributed by atoms with Crippen molar-refractivity contribution in [3.8, 4) is 0 Å². The average Bonchev–Trinajstić information content (AvgIpc) is 3.49. The summed E-state index contributed by atoms with van der Waals surface area (Å²) in [7, 11) is 0. The number of carboxylic acid groups (broad SMARTS) is 1. The fourth-order valence-corrected chi connectivity index (χ4v) is 4.88. The van der Waals surface area contributed by atoms with E-state index >= 15 is 0 Å². The highest BCUT2D eigenvalue weighted by atomic mass is 16.5. The van der Waals surface area contributed by atoms with Gasteiger partial charge in [0.2, 0.25) is 0 Å². The molecule has 0 heterocycles. The second kappa shape index (κ2) is 11.9. The summed E-state index contributed by atoms with van der Waals surface area (Å²) in [6.45, 7) is 4.14. The van der Waals surface area contributed by atoms with E-state index in [1.165, 1.54) is 16.7 Å². The molecular formula is C32H34O4. The van der Waals surface area contributed by atoms with E-state index in [1.807, 2.05) is 30.3 Å². The minimum absolute atomic E-state index is 0.141. The molecular weight excluding hydrogens is 448 g/mol. The van der Waals surface area contributed by atoms with Crippen LogP contribution in [0.5, 0.6) is 0 Å². The van der Waals surface area contributed by atoms with E-state index in [0.29, 0.717) is 12.3 Å². The van der Waals surface area contributed by atoms with Gasteiger partial charge < -0.3 is 9.84 Å². The van der Waals surface area contributed by atoms with Crippen molar-refractivity contribution in [3.05, 3.63) is 112 Å². The predicted molar refractivity (Wildman–Crippen MR) is 143 cm³/mol. The Morgan fingerprint density at radius 1 is 0.972 bits per heavy atom. The summed E-state index contributed by atoms with van der Waals surface area (Å²) in [5.41, 5.74) is 6.51. The van der Waals surface area contributed by atoms with Crippen molar-refractivity contribution in [1.29, 1.82) is 0 Å². The first kappa shape index (κ1) is 25.4. The van der Waals surface area contributed by atoms with Gasteiger partial charge in [0.15, 0.2) is 0 Å². The summed E-state index contributed by atoms with van der Waals surface area (Å²) in [6, 6.07) is 23.6. The Labute approximate surface area is 213 Å². The quantitative estimate of drug-likeness (QED) is 0.366. The highest BCUT2D eigenvalue weighted by Crippen LogP contribution is 2.41. The zero-order chi connectivity index (χ0) is 25.5. The third-order valence-electron chi connectivity index (χ3n) is 7.13. The van der Waals surface area contributed by atoms with Gasteiger partial charge in [0.25, 0.3) is 0 Å². The van der Waals surface area contributed by atoms with Gasteiger partial charge in [-0.25, -0.2) is 4.79 Å². The molecule has 5 rings (SSSR count). The standard InChI is InChI=1S/C23H26O4.C9H8/c1-3-15(2)12-21(24)27-22-19(14-18-6-4-5-7-20(18)22)13-16-8-10-17(11-9-16)23(25)26;1-2-5-9-7-3-6-8(9)4-1/h4-11,15,19,22H,3,12-14H2,1-2H3,(H,25,26);1-6H,7H2. The molecule has 4 heteroatoms. The van der Waals surface area contributed by atoms with Crippen LogP contribution in [0, 0.1) is 11.8 Å². The fraction of sp³-hybridized carbons (Fsp3) is 0.312. The van der Waals surface area contributed by atoms with Gasteiger partial charge in [-0.15, -0.1) is 0 Å². The van der Waals surface area contributed by atoms with Crippen LogP contribution in [0.3, 0.4) is 0 Å². The number of aromatic carboxylic acids is 1. The summed E-state index contributed by atoms with van der Waals surface area (Å²) in [5.74, 6) is -0.584. The Kier molecular flexibility index (Phi) is 8.37. The van der Waals surface area contributed by atoms with E-state index < -0.39 is 5.97 Å². The Bertz CT molecular complexity index is 1220. The van der Waals surface area contributed by atoms with Gasteiger partial charge in [-0.2, -0.15) is 0 Å². The van der Waals surface area contributed by atoms with E-state index in [4.69, 9.17) is 9.84 Å².